The van der Waals surface area contributed by atoms with Gasteiger partial charge in [-0.15, -0.1) is 5.10 Å². The molecule has 1 N–H and O–H groups in total. The maximum atomic E-state index is 13.3. The SMILES string of the molecule is O=C(O)CC1=C(C(=O)C2CC2)N(Cc2ccccc2Cl)CCC1SCCc1ccc(Cl)nn1. The summed E-state index contributed by atoms with van der Waals surface area (Å²) in [4.78, 5) is 27.2. The third-order valence-electron chi connectivity index (χ3n) is 5.88. The van der Waals surface area contributed by atoms with Crippen molar-refractivity contribution in [2.45, 2.75) is 43.9 Å². The van der Waals surface area contributed by atoms with Crippen molar-refractivity contribution in [1.82, 2.24) is 15.1 Å². The highest BCUT2D eigenvalue weighted by Gasteiger charge is 2.39. The van der Waals surface area contributed by atoms with Crippen LogP contribution in [0.3, 0.4) is 0 Å². The van der Waals surface area contributed by atoms with Gasteiger partial charge in [0.1, 0.15) is 0 Å². The first kappa shape index (κ1) is 24.0. The first-order valence-electron chi connectivity index (χ1n) is 11.0. The second-order valence-electron chi connectivity index (χ2n) is 8.34. The number of carboxylic acid groups (broad SMARTS) is 1. The van der Waals surface area contributed by atoms with Crippen molar-refractivity contribution in [2.75, 3.05) is 12.3 Å². The molecule has 1 fully saturated rings. The van der Waals surface area contributed by atoms with Crippen molar-refractivity contribution >= 4 is 46.7 Å². The molecule has 33 heavy (non-hydrogen) atoms. The fourth-order valence-corrected chi connectivity index (χ4v) is 5.66. The largest absolute Gasteiger partial charge is 0.481 e. The number of halogens is 2. The van der Waals surface area contributed by atoms with E-state index >= 15 is 0 Å². The normalized spacial score (nSPS) is 18.5. The zero-order valence-corrected chi connectivity index (χ0v) is 20.4. The molecule has 2 aromatic rings. The molecule has 0 amide bonds. The minimum Gasteiger partial charge on any atom is -0.481 e. The van der Waals surface area contributed by atoms with E-state index in [-0.39, 0.29) is 23.4 Å². The number of carboxylic acids is 1. The number of allylic oxidation sites excluding steroid dienone is 1. The van der Waals surface area contributed by atoms with Crippen molar-refractivity contribution < 1.29 is 14.7 Å². The number of aliphatic carboxylic acids is 1. The Bertz CT molecular complexity index is 1060. The minimum atomic E-state index is -0.917. The highest BCUT2D eigenvalue weighted by Crippen LogP contribution is 2.40. The zero-order valence-electron chi connectivity index (χ0n) is 18.0. The number of hydrogen-bond donors (Lipinski definition) is 1. The molecule has 1 unspecified atom stereocenters. The van der Waals surface area contributed by atoms with Gasteiger partial charge in [0.2, 0.25) is 0 Å². The average molecular weight is 506 g/mol. The number of benzene rings is 1. The summed E-state index contributed by atoms with van der Waals surface area (Å²) < 4.78 is 0. The van der Waals surface area contributed by atoms with Crippen LogP contribution in [0.2, 0.25) is 10.2 Å². The van der Waals surface area contributed by atoms with Crippen LogP contribution in [-0.2, 0) is 22.6 Å². The molecule has 6 nitrogen and oxygen atoms in total. The van der Waals surface area contributed by atoms with Crippen LogP contribution in [0.5, 0.6) is 0 Å². The number of carbonyl (C=O) groups excluding carboxylic acids is 1. The predicted octanol–water partition coefficient (Wildman–Crippen LogP) is 5.04. The number of thioether (sulfide) groups is 1. The molecule has 1 aromatic carbocycles. The Morgan fingerprint density at radius 2 is 1.88 bits per heavy atom. The number of Topliss-reactive ketones (excluding diaryl/α,β-unsaturated/α-hetero) is 1. The molecule has 0 spiro atoms. The van der Waals surface area contributed by atoms with Crippen molar-refractivity contribution in [3.63, 3.8) is 0 Å². The van der Waals surface area contributed by atoms with Gasteiger partial charge in [-0.25, -0.2) is 0 Å². The molecule has 0 saturated heterocycles. The molecule has 4 rings (SSSR count). The van der Waals surface area contributed by atoms with Crippen LogP contribution >= 0.6 is 35.0 Å². The van der Waals surface area contributed by atoms with Gasteiger partial charge in [-0.2, -0.15) is 16.9 Å². The highest BCUT2D eigenvalue weighted by molar-refractivity contribution is 8.00. The lowest BCUT2D eigenvalue weighted by molar-refractivity contribution is -0.136. The standard InChI is InChI=1S/C24H25Cl2N3O3S/c25-19-4-2-1-3-16(19)14-29-11-9-20(33-12-10-17-7-8-21(26)28-27-17)18(13-22(30)31)23(29)24(32)15-5-6-15/h1-4,7-8,15,20H,5-6,9-14H2,(H,30,31). The monoisotopic (exact) mass is 505 g/mol. The summed E-state index contributed by atoms with van der Waals surface area (Å²) in [5.74, 6) is -0.0860. The Kier molecular flexibility index (Phi) is 7.94. The quantitative estimate of drug-likeness (QED) is 0.483. The maximum absolute atomic E-state index is 13.3. The van der Waals surface area contributed by atoms with E-state index in [1.54, 1.807) is 17.8 Å². The van der Waals surface area contributed by atoms with Gasteiger partial charge in [-0.05, 0) is 54.4 Å². The van der Waals surface area contributed by atoms with Crippen molar-refractivity contribution in [1.29, 1.82) is 0 Å². The molecular weight excluding hydrogens is 481 g/mol. The van der Waals surface area contributed by atoms with Gasteiger partial charge >= 0.3 is 5.97 Å². The average Bonchev–Trinajstić information content (AvgIpc) is 3.63. The topological polar surface area (TPSA) is 83.4 Å². The van der Waals surface area contributed by atoms with Crippen molar-refractivity contribution in [3.05, 3.63) is 69.1 Å². The molecule has 0 radical (unpaired) electrons. The summed E-state index contributed by atoms with van der Waals surface area (Å²) in [5.41, 5.74) is 3.09. The van der Waals surface area contributed by atoms with Crippen LogP contribution in [0.1, 0.15) is 36.9 Å². The second-order valence-corrected chi connectivity index (χ2v) is 10.4. The fraction of sp³-hybridized carbons (Fsp3) is 0.417. The van der Waals surface area contributed by atoms with Crippen LogP contribution in [-0.4, -0.2) is 49.5 Å². The van der Waals surface area contributed by atoms with Crippen molar-refractivity contribution in [2.24, 2.45) is 5.92 Å². The maximum Gasteiger partial charge on any atom is 0.307 e. The molecule has 2 heterocycles. The van der Waals surface area contributed by atoms with Crippen molar-refractivity contribution in [3.8, 4) is 0 Å². The molecule has 1 aliphatic heterocycles. The van der Waals surface area contributed by atoms with Gasteiger partial charge in [-0.1, -0.05) is 41.4 Å². The molecule has 1 atom stereocenters. The number of carbonyl (C=O) groups is 2. The number of rotatable bonds is 10. The van der Waals surface area contributed by atoms with Crippen LogP contribution in [0, 0.1) is 5.92 Å². The second kappa shape index (κ2) is 10.9. The Balaban J connectivity index is 1.58. The van der Waals surface area contributed by atoms with E-state index in [9.17, 15) is 14.7 Å². The van der Waals surface area contributed by atoms with Gasteiger partial charge in [0.25, 0.3) is 0 Å². The van der Waals surface area contributed by atoms with E-state index in [4.69, 9.17) is 23.2 Å². The molecule has 2 aliphatic rings. The van der Waals surface area contributed by atoms with E-state index < -0.39 is 5.97 Å². The molecule has 1 aromatic heterocycles. The third-order valence-corrected chi connectivity index (χ3v) is 7.81. The zero-order chi connectivity index (χ0) is 23.4. The van der Waals surface area contributed by atoms with E-state index in [1.165, 1.54) is 0 Å². The molecule has 174 valence electrons. The summed E-state index contributed by atoms with van der Waals surface area (Å²) in [5, 5.41) is 18.6. The van der Waals surface area contributed by atoms with Crippen LogP contribution in [0.15, 0.2) is 47.7 Å². The predicted molar refractivity (Wildman–Crippen MR) is 130 cm³/mol. The Hall–Kier alpha value is -2.09. The number of nitrogens with zero attached hydrogens (tertiary/aromatic N) is 3. The number of ketones is 1. The smallest absolute Gasteiger partial charge is 0.307 e. The minimum absolute atomic E-state index is 0.00521. The lowest BCUT2D eigenvalue weighted by atomic mass is 9.94. The summed E-state index contributed by atoms with van der Waals surface area (Å²) in [7, 11) is 0. The summed E-state index contributed by atoms with van der Waals surface area (Å²) in [6, 6.07) is 11.1. The highest BCUT2D eigenvalue weighted by atomic mass is 35.5. The van der Waals surface area contributed by atoms with Gasteiger partial charge in [0.05, 0.1) is 17.8 Å². The number of aryl methyl sites for hydroxylation is 1. The van der Waals surface area contributed by atoms with E-state index in [0.717, 1.165) is 41.8 Å². The third kappa shape index (κ3) is 6.28. The molecular formula is C24H25Cl2N3O3S. The van der Waals surface area contributed by atoms with E-state index in [0.29, 0.717) is 35.4 Å². The lowest BCUT2D eigenvalue weighted by Gasteiger charge is -2.37. The van der Waals surface area contributed by atoms with Crippen LogP contribution in [0.25, 0.3) is 0 Å². The lowest BCUT2D eigenvalue weighted by Crippen LogP contribution is -2.38. The Labute approximate surface area is 207 Å². The fourth-order valence-electron chi connectivity index (χ4n) is 4.09. The first-order valence-corrected chi connectivity index (χ1v) is 12.8. The van der Waals surface area contributed by atoms with Crippen LogP contribution in [0.4, 0.5) is 0 Å². The number of hydrogen-bond acceptors (Lipinski definition) is 6. The summed E-state index contributed by atoms with van der Waals surface area (Å²) >= 11 is 13.9. The summed E-state index contributed by atoms with van der Waals surface area (Å²) in [6.07, 6.45) is 3.07. The van der Waals surface area contributed by atoms with Gasteiger partial charge < -0.3 is 10.0 Å². The first-order chi connectivity index (χ1) is 15.9. The Morgan fingerprint density at radius 1 is 1.09 bits per heavy atom. The van der Waals surface area contributed by atoms with E-state index in [1.807, 2.05) is 35.2 Å². The molecule has 9 heteroatoms. The van der Waals surface area contributed by atoms with Gasteiger partial charge in [0, 0.05) is 35.7 Å². The van der Waals surface area contributed by atoms with E-state index in [2.05, 4.69) is 10.2 Å². The van der Waals surface area contributed by atoms with Crippen LogP contribution < -0.4 is 0 Å². The molecule has 0 bridgehead atoms. The summed E-state index contributed by atoms with van der Waals surface area (Å²) in [6.45, 7) is 1.18. The molecule has 1 aliphatic carbocycles. The molecule has 1 saturated carbocycles. The number of aromatic nitrogens is 2. The Morgan fingerprint density at radius 3 is 2.55 bits per heavy atom. The van der Waals surface area contributed by atoms with Gasteiger partial charge in [0.15, 0.2) is 10.9 Å². The van der Waals surface area contributed by atoms with Gasteiger partial charge in [-0.3, -0.25) is 9.59 Å².